The molecule has 0 bridgehead atoms. The van der Waals surface area contributed by atoms with E-state index < -0.39 is 24.9 Å². The molecule has 142 valence electrons. The van der Waals surface area contributed by atoms with Crippen molar-refractivity contribution in [1.29, 1.82) is 0 Å². The van der Waals surface area contributed by atoms with Gasteiger partial charge in [0.15, 0.2) is 6.61 Å². The van der Waals surface area contributed by atoms with Crippen molar-refractivity contribution in [3.8, 4) is 5.75 Å². The molecule has 9 heteroatoms. The molecular formula is C17H20F3N3O3. The number of piperazine rings is 1. The van der Waals surface area contributed by atoms with Crippen LogP contribution in [0.4, 0.5) is 13.2 Å². The third-order valence-electron chi connectivity index (χ3n) is 4.53. The van der Waals surface area contributed by atoms with Gasteiger partial charge < -0.3 is 14.5 Å². The molecule has 0 spiro atoms. The predicted molar refractivity (Wildman–Crippen MR) is 86.4 cm³/mol. The van der Waals surface area contributed by atoms with Crippen molar-refractivity contribution < 1.29 is 27.5 Å². The molecule has 1 atom stereocenters. The normalized spacial score (nSPS) is 22.3. The number of halogens is 3. The molecule has 0 radical (unpaired) electrons. The summed E-state index contributed by atoms with van der Waals surface area (Å²) in [5.74, 6) is -3.44. The number of hydrogen-bond acceptors (Lipinski definition) is 4. The Morgan fingerprint density at radius 1 is 1.12 bits per heavy atom. The molecule has 1 aromatic carbocycles. The molecule has 26 heavy (non-hydrogen) atoms. The summed E-state index contributed by atoms with van der Waals surface area (Å²) in [6.45, 7) is 0.565. The van der Waals surface area contributed by atoms with E-state index in [9.17, 15) is 22.8 Å². The van der Waals surface area contributed by atoms with E-state index in [1.165, 1.54) is 29.2 Å². The molecule has 1 unspecified atom stereocenters. The van der Waals surface area contributed by atoms with Crippen molar-refractivity contribution in [3.05, 3.63) is 30.1 Å². The molecule has 1 aromatic rings. The van der Waals surface area contributed by atoms with Crippen LogP contribution >= 0.6 is 0 Å². The molecule has 2 amide bonds. The van der Waals surface area contributed by atoms with E-state index in [2.05, 4.69) is 5.32 Å². The van der Waals surface area contributed by atoms with Gasteiger partial charge in [-0.25, -0.2) is 13.2 Å². The first-order chi connectivity index (χ1) is 12.3. The number of nitrogens with one attached hydrogen (secondary N) is 1. The van der Waals surface area contributed by atoms with Crippen LogP contribution in [0.5, 0.6) is 5.75 Å². The maximum atomic E-state index is 13.2. The van der Waals surface area contributed by atoms with E-state index in [0.29, 0.717) is 31.9 Å². The van der Waals surface area contributed by atoms with Gasteiger partial charge in [0.05, 0.1) is 12.6 Å². The van der Waals surface area contributed by atoms with Gasteiger partial charge >= 0.3 is 0 Å². The lowest BCUT2D eigenvalue weighted by Gasteiger charge is -2.35. The van der Waals surface area contributed by atoms with Crippen molar-refractivity contribution >= 4 is 11.8 Å². The molecular weight excluding hydrogens is 351 g/mol. The van der Waals surface area contributed by atoms with Crippen LogP contribution in [-0.2, 0) is 9.59 Å². The highest BCUT2D eigenvalue weighted by molar-refractivity contribution is 5.83. The number of nitrogens with zero attached hydrogens (tertiary/aromatic N) is 2. The van der Waals surface area contributed by atoms with Crippen molar-refractivity contribution in [2.75, 3.05) is 39.3 Å². The smallest absolute Gasteiger partial charge is 0.262 e. The fourth-order valence-electron chi connectivity index (χ4n) is 3.05. The molecule has 2 aliphatic heterocycles. The molecule has 2 saturated heterocycles. The average Bonchev–Trinajstić information content (AvgIpc) is 3.00. The molecule has 2 fully saturated rings. The van der Waals surface area contributed by atoms with E-state index in [1.807, 2.05) is 0 Å². The van der Waals surface area contributed by atoms with E-state index in [1.54, 1.807) is 4.90 Å². The van der Waals surface area contributed by atoms with Gasteiger partial charge in [0.1, 0.15) is 11.6 Å². The Kier molecular flexibility index (Phi) is 5.36. The number of alkyl halides is 2. The van der Waals surface area contributed by atoms with Gasteiger partial charge in [-0.2, -0.15) is 0 Å². The maximum absolute atomic E-state index is 13.2. The number of amides is 2. The first-order valence-electron chi connectivity index (χ1n) is 8.40. The van der Waals surface area contributed by atoms with Gasteiger partial charge in [0.25, 0.3) is 11.8 Å². The zero-order valence-corrected chi connectivity index (χ0v) is 14.1. The Morgan fingerprint density at radius 3 is 2.31 bits per heavy atom. The third kappa shape index (κ3) is 4.46. The maximum Gasteiger partial charge on any atom is 0.262 e. The van der Waals surface area contributed by atoms with Crippen LogP contribution in [0.25, 0.3) is 0 Å². The average molecular weight is 371 g/mol. The summed E-state index contributed by atoms with van der Waals surface area (Å²) in [5, 5.41) is 2.55. The summed E-state index contributed by atoms with van der Waals surface area (Å²) in [6, 6.07) is 4.48. The van der Waals surface area contributed by atoms with Gasteiger partial charge in [-0.3, -0.25) is 14.9 Å². The van der Waals surface area contributed by atoms with Gasteiger partial charge in [-0.05, 0) is 24.3 Å². The minimum atomic E-state index is -2.85. The number of carbonyl (C=O) groups is 2. The first-order valence-corrected chi connectivity index (χ1v) is 8.40. The van der Waals surface area contributed by atoms with Crippen LogP contribution in [0.2, 0.25) is 0 Å². The predicted octanol–water partition coefficient (Wildman–Crippen LogP) is 0.872. The molecule has 0 saturated carbocycles. The minimum Gasteiger partial charge on any atom is -0.484 e. The lowest BCUT2D eigenvalue weighted by molar-refractivity contribution is -0.141. The first kappa shape index (κ1) is 18.5. The van der Waals surface area contributed by atoms with Gasteiger partial charge in [0, 0.05) is 32.6 Å². The minimum absolute atomic E-state index is 0.185. The van der Waals surface area contributed by atoms with Crippen molar-refractivity contribution in [2.45, 2.75) is 18.4 Å². The number of rotatable bonds is 4. The number of hydrogen-bond donors (Lipinski definition) is 1. The lowest BCUT2D eigenvalue weighted by Crippen LogP contribution is -2.54. The van der Waals surface area contributed by atoms with Crippen molar-refractivity contribution in [1.82, 2.24) is 15.1 Å². The highest BCUT2D eigenvalue weighted by Crippen LogP contribution is 2.26. The second kappa shape index (κ2) is 7.53. The van der Waals surface area contributed by atoms with Crippen LogP contribution in [0.1, 0.15) is 6.42 Å². The SMILES string of the molecule is O=C(COc1ccc(F)cc1)N1CCN(C(=O)C2CC(F)(F)CN2)CC1. The Bertz CT molecular complexity index is 661. The second-order valence-electron chi connectivity index (χ2n) is 6.44. The largest absolute Gasteiger partial charge is 0.484 e. The van der Waals surface area contributed by atoms with Crippen LogP contribution in [0.3, 0.4) is 0 Å². The summed E-state index contributed by atoms with van der Waals surface area (Å²) in [6.07, 6.45) is -0.490. The Labute approximate surface area is 148 Å². The zero-order valence-electron chi connectivity index (χ0n) is 14.1. The number of ether oxygens (including phenoxy) is 1. The van der Waals surface area contributed by atoms with Gasteiger partial charge in [0.2, 0.25) is 5.91 Å². The summed E-state index contributed by atoms with van der Waals surface area (Å²) >= 11 is 0. The van der Waals surface area contributed by atoms with Crippen molar-refractivity contribution in [3.63, 3.8) is 0 Å². The van der Waals surface area contributed by atoms with Crippen LogP contribution < -0.4 is 10.1 Å². The van der Waals surface area contributed by atoms with Gasteiger partial charge in [-0.1, -0.05) is 0 Å². The van der Waals surface area contributed by atoms with E-state index in [-0.39, 0.29) is 24.2 Å². The topological polar surface area (TPSA) is 61.9 Å². The summed E-state index contributed by atoms with van der Waals surface area (Å²) in [4.78, 5) is 27.5. The van der Waals surface area contributed by atoms with Crippen LogP contribution in [0.15, 0.2) is 24.3 Å². The Hall–Kier alpha value is -2.29. The summed E-state index contributed by atoms with van der Waals surface area (Å²) in [5.41, 5.74) is 0. The molecule has 1 N–H and O–H groups in total. The third-order valence-corrected chi connectivity index (χ3v) is 4.53. The van der Waals surface area contributed by atoms with E-state index >= 15 is 0 Å². The fraction of sp³-hybridized carbons (Fsp3) is 0.529. The molecule has 3 rings (SSSR count). The summed E-state index contributed by atoms with van der Waals surface area (Å²) < 4.78 is 44.6. The van der Waals surface area contributed by atoms with Crippen molar-refractivity contribution in [2.24, 2.45) is 0 Å². The lowest BCUT2D eigenvalue weighted by atomic mass is 10.1. The standard InChI is InChI=1S/C17H20F3N3O3/c18-12-1-3-13(4-2-12)26-10-15(24)22-5-7-23(8-6-22)16(25)14-9-17(19,20)11-21-14/h1-4,14,21H,5-11H2. The second-order valence-corrected chi connectivity index (χ2v) is 6.44. The van der Waals surface area contributed by atoms with Crippen LogP contribution in [-0.4, -0.2) is 72.9 Å². The Morgan fingerprint density at radius 2 is 1.73 bits per heavy atom. The summed E-state index contributed by atoms with van der Waals surface area (Å²) in [7, 11) is 0. The molecule has 6 nitrogen and oxygen atoms in total. The van der Waals surface area contributed by atoms with Crippen LogP contribution in [0, 0.1) is 5.82 Å². The fourth-order valence-corrected chi connectivity index (χ4v) is 3.05. The zero-order chi connectivity index (χ0) is 18.7. The molecule has 2 heterocycles. The quantitative estimate of drug-likeness (QED) is 0.853. The van der Waals surface area contributed by atoms with E-state index in [4.69, 9.17) is 4.74 Å². The molecule has 2 aliphatic rings. The monoisotopic (exact) mass is 371 g/mol. The highest BCUT2D eigenvalue weighted by Gasteiger charge is 2.43. The van der Waals surface area contributed by atoms with E-state index in [0.717, 1.165) is 0 Å². The number of carbonyl (C=O) groups excluding carboxylic acids is 2. The van der Waals surface area contributed by atoms with Gasteiger partial charge in [-0.15, -0.1) is 0 Å². The molecule has 0 aromatic heterocycles. The molecule has 0 aliphatic carbocycles. The number of benzene rings is 1. The Balaban J connectivity index is 1.43. The highest BCUT2D eigenvalue weighted by atomic mass is 19.3.